The third kappa shape index (κ3) is 3.58. The molecule has 0 spiro atoms. The Hall–Kier alpha value is -3.32. The van der Waals surface area contributed by atoms with Crippen molar-refractivity contribution in [3.05, 3.63) is 50.6 Å². The van der Waals surface area contributed by atoms with Crippen LogP contribution in [0, 0.1) is 25.2 Å². The number of carbonyl (C=O) groups is 3. The van der Waals surface area contributed by atoms with Gasteiger partial charge in [-0.1, -0.05) is 6.07 Å². The molecule has 3 aliphatic heterocycles. The summed E-state index contributed by atoms with van der Waals surface area (Å²) in [6.45, 7) is 8.82. The van der Waals surface area contributed by atoms with Crippen LogP contribution in [0.25, 0.3) is 0 Å². The predicted octanol–water partition coefficient (Wildman–Crippen LogP) is 1.50. The monoisotopic (exact) mass is 517 g/mol. The predicted molar refractivity (Wildman–Crippen MR) is 141 cm³/mol. The number of hydrogen-bond acceptors (Lipinski definition) is 8. The summed E-state index contributed by atoms with van der Waals surface area (Å²) in [4.78, 5) is 43.9. The number of amides is 1. The number of ketones is 2. The molecule has 1 aromatic carbocycles. The van der Waals surface area contributed by atoms with E-state index in [0.717, 1.165) is 22.3 Å². The number of rotatable bonds is 3. The minimum atomic E-state index is -0.746. The van der Waals surface area contributed by atoms with Crippen molar-refractivity contribution in [1.29, 1.82) is 5.26 Å². The Morgan fingerprint density at radius 2 is 1.84 bits per heavy atom. The van der Waals surface area contributed by atoms with Crippen LogP contribution in [-0.2, 0) is 20.8 Å². The maximum Gasteiger partial charge on any atom is 0.236 e. The SMILES string of the molecule is CC1=C(C)C(=O)C2=C(CC3[C@H]4c5c(cc(C)c(C)c5O)C[C@@H](C(C#N)N3[C@H]2CNC(=O)[C@H](C)N)N4C)C1=O. The largest absolute Gasteiger partial charge is 0.507 e. The molecular formula is C29H35N5O4. The van der Waals surface area contributed by atoms with E-state index in [4.69, 9.17) is 5.73 Å². The summed E-state index contributed by atoms with van der Waals surface area (Å²) in [6, 6.07) is 1.71. The number of piperazine rings is 1. The van der Waals surface area contributed by atoms with Gasteiger partial charge in [0.1, 0.15) is 11.8 Å². The van der Waals surface area contributed by atoms with Gasteiger partial charge in [0.2, 0.25) is 5.91 Å². The summed E-state index contributed by atoms with van der Waals surface area (Å²) in [6.07, 6.45) is 0.835. The molecule has 0 radical (unpaired) electrons. The number of nitrogens with one attached hydrogen (secondary N) is 1. The van der Waals surface area contributed by atoms with Gasteiger partial charge in [0, 0.05) is 46.5 Å². The number of carbonyl (C=O) groups excluding carboxylic acids is 3. The van der Waals surface area contributed by atoms with E-state index in [1.165, 1.54) is 0 Å². The van der Waals surface area contributed by atoms with Crippen LogP contribution in [0.1, 0.15) is 55.5 Å². The molecule has 200 valence electrons. The van der Waals surface area contributed by atoms with Gasteiger partial charge in [-0.3, -0.25) is 24.2 Å². The highest BCUT2D eigenvalue weighted by atomic mass is 16.3. The van der Waals surface area contributed by atoms with Gasteiger partial charge in [0.05, 0.1) is 24.2 Å². The molecule has 1 saturated heterocycles. The summed E-state index contributed by atoms with van der Waals surface area (Å²) in [5.41, 5.74) is 11.1. The van der Waals surface area contributed by atoms with Gasteiger partial charge in [0.25, 0.3) is 0 Å². The topological polar surface area (TPSA) is 140 Å². The molecule has 0 saturated carbocycles. The summed E-state index contributed by atoms with van der Waals surface area (Å²) >= 11 is 0. The van der Waals surface area contributed by atoms with Crippen molar-refractivity contribution in [3.63, 3.8) is 0 Å². The van der Waals surface area contributed by atoms with Crippen LogP contribution in [0.3, 0.4) is 0 Å². The Morgan fingerprint density at radius 1 is 1.18 bits per heavy atom. The lowest BCUT2D eigenvalue weighted by molar-refractivity contribution is -0.124. The van der Waals surface area contributed by atoms with Crippen molar-refractivity contribution >= 4 is 17.5 Å². The van der Waals surface area contributed by atoms with Crippen LogP contribution >= 0.6 is 0 Å². The number of fused-ring (bicyclic) bond motifs is 6. The first-order chi connectivity index (χ1) is 17.9. The fraction of sp³-hybridized carbons (Fsp3) is 0.517. The number of likely N-dealkylation sites (N-methyl/N-ethyl adjacent to an activating group) is 1. The number of benzene rings is 1. The van der Waals surface area contributed by atoms with Crippen LogP contribution in [0.2, 0.25) is 0 Å². The Balaban J connectivity index is 1.72. The fourth-order valence-electron chi connectivity index (χ4n) is 6.93. The lowest BCUT2D eigenvalue weighted by Gasteiger charge is -2.60. The van der Waals surface area contributed by atoms with Crippen LogP contribution in [0.4, 0.5) is 0 Å². The van der Waals surface area contributed by atoms with Gasteiger partial charge >= 0.3 is 0 Å². The minimum absolute atomic E-state index is 0.0498. The number of phenols is 1. The number of Topliss-reactive ketones (excluding diaryl/α,β-unsaturated/α-hetero) is 2. The standard InChI is InChI=1S/C29H35N5O4/c1-12-7-17-8-19-21(10-30)34-20(25(33(19)6)23(17)27(36)13(12)2)9-18-24(22(34)11-32-29(38)16(5)31)28(37)15(4)14(3)26(18)35/h7,16,19-22,25,36H,8-9,11,31H2,1-6H3,(H,32,38)/t16-,19-,20?,21?,22-,25-/m0/s1. The maximum absolute atomic E-state index is 13.7. The average molecular weight is 518 g/mol. The molecule has 2 unspecified atom stereocenters. The highest BCUT2D eigenvalue weighted by molar-refractivity contribution is 6.25. The molecule has 5 rings (SSSR count). The van der Waals surface area contributed by atoms with E-state index < -0.39 is 18.1 Å². The van der Waals surface area contributed by atoms with E-state index in [9.17, 15) is 24.8 Å². The number of nitrogens with two attached hydrogens (primary N) is 1. The van der Waals surface area contributed by atoms with E-state index in [2.05, 4.69) is 22.4 Å². The normalized spacial score (nSPS) is 29.9. The zero-order chi connectivity index (χ0) is 27.8. The molecule has 9 heteroatoms. The molecule has 9 nitrogen and oxygen atoms in total. The lowest BCUT2D eigenvalue weighted by atomic mass is 9.69. The van der Waals surface area contributed by atoms with E-state index in [0.29, 0.717) is 28.7 Å². The maximum atomic E-state index is 13.7. The Kier molecular flexibility index (Phi) is 6.33. The van der Waals surface area contributed by atoms with Gasteiger partial charge in [-0.25, -0.2) is 0 Å². The molecule has 6 atom stereocenters. The number of allylic oxidation sites excluding steroid dienone is 2. The van der Waals surface area contributed by atoms with Crippen LogP contribution in [-0.4, -0.2) is 76.2 Å². The Bertz CT molecular complexity index is 1380. The fourth-order valence-corrected chi connectivity index (χ4v) is 6.93. The molecule has 1 amide bonds. The molecule has 38 heavy (non-hydrogen) atoms. The smallest absolute Gasteiger partial charge is 0.236 e. The molecule has 2 bridgehead atoms. The van der Waals surface area contributed by atoms with Gasteiger partial charge < -0.3 is 16.2 Å². The van der Waals surface area contributed by atoms with Crippen molar-refractivity contribution in [2.75, 3.05) is 13.6 Å². The first kappa shape index (κ1) is 26.3. The molecule has 0 aromatic heterocycles. The molecule has 4 aliphatic rings. The van der Waals surface area contributed by atoms with Crippen LogP contribution in [0.15, 0.2) is 28.4 Å². The van der Waals surface area contributed by atoms with E-state index >= 15 is 0 Å². The third-order valence-corrected chi connectivity index (χ3v) is 9.27. The van der Waals surface area contributed by atoms with Crippen molar-refractivity contribution in [2.45, 2.75) is 83.7 Å². The second kappa shape index (κ2) is 9.16. The second-order valence-electron chi connectivity index (χ2n) is 11.3. The Labute approximate surface area is 223 Å². The van der Waals surface area contributed by atoms with Crippen LogP contribution < -0.4 is 11.1 Å². The van der Waals surface area contributed by atoms with Gasteiger partial charge in [-0.2, -0.15) is 5.26 Å². The Morgan fingerprint density at radius 3 is 2.47 bits per heavy atom. The van der Waals surface area contributed by atoms with Gasteiger partial charge in [-0.05, 0) is 71.2 Å². The minimum Gasteiger partial charge on any atom is -0.507 e. The summed E-state index contributed by atoms with van der Waals surface area (Å²) in [5, 5.41) is 24.7. The quantitative estimate of drug-likeness (QED) is 0.513. The summed E-state index contributed by atoms with van der Waals surface area (Å²) in [7, 11) is 1.97. The summed E-state index contributed by atoms with van der Waals surface area (Å²) in [5.74, 6) is -0.514. The van der Waals surface area contributed by atoms with Crippen molar-refractivity contribution < 1.29 is 19.5 Å². The zero-order valence-electron chi connectivity index (χ0n) is 22.8. The number of nitriles is 1. The lowest BCUT2D eigenvalue weighted by Crippen LogP contribution is -2.71. The van der Waals surface area contributed by atoms with Crippen molar-refractivity contribution in [1.82, 2.24) is 15.1 Å². The van der Waals surface area contributed by atoms with Crippen molar-refractivity contribution in [2.24, 2.45) is 5.73 Å². The van der Waals surface area contributed by atoms with E-state index in [1.807, 2.05) is 25.8 Å². The molecular weight excluding hydrogens is 482 g/mol. The van der Waals surface area contributed by atoms with Crippen molar-refractivity contribution in [3.8, 4) is 11.8 Å². The molecule has 1 fully saturated rings. The number of aryl methyl sites for hydroxylation is 1. The second-order valence-corrected chi connectivity index (χ2v) is 11.3. The molecule has 4 N–H and O–H groups in total. The molecule has 1 aromatic rings. The zero-order valence-corrected chi connectivity index (χ0v) is 22.8. The van der Waals surface area contributed by atoms with Gasteiger partial charge in [-0.15, -0.1) is 0 Å². The van der Waals surface area contributed by atoms with E-state index in [1.54, 1.807) is 20.8 Å². The molecule has 1 aliphatic carbocycles. The number of aromatic hydroxyl groups is 1. The van der Waals surface area contributed by atoms with Gasteiger partial charge in [0.15, 0.2) is 11.6 Å². The highest BCUT2D eigenvalue weighted by Crippen LogP contribution is 2.52. The average Bonchev–Trinajstić information content (AvgIpc) is 2.88. The first-order valence-corrected chi connectivity index (χ1v) is 13.1. The summed E-state index contributed by atoms with van der Waals surface area (Å²) < 4.78 is 0. The molecule has 3 heterocycles. The number of nitrogens with zero attached hydrogens (tertiary/aromatic N) is 3. The third-order valence-electron chi connectivity index (χ3n) is 9.27. The van der Waals surface area contributed by atoms with Crippen LogP contribution in [0.5, 0.6) is 5.75 Å². The number of hydrogen-bond donors (Lipinski definition) is 3. The number of phenolic OH excluding ortho intramolecular Hbond substituents is 1. The van der Waals surface area contributed by atoms with E-state index in [-0.39, 0.29) is 54.3 Å². The highest BCUT2D eigenvalue weighted by Gasteiger charge is 2.57. The first-order valence-electron chi connectivity index (χ1n) is 13.1.